The number of hydrogen-bond acceptors (Lipinski definition) is 2. The highest BCUT2D eigenvalue weighted by Crippen LogP contribution is 2.28. The molecule has 0 aliphatic heterocycles. The predicted octanol–water partition coefficient (Wildman–Crippen LogP) is 1.11. The van der Waals surface area contributed by atoms with Crippen molar-refractivity contribution in [2.75, 3.05) is 6.54 Å². The van der Waals surface area contributed by atoms with Crippen molar-refractivity contribution in [1.29, 1.82) is 0 Å². The monoisotopic (exact) mass is 156 g/mol. The molecule has 1 aliphatic rings. The van der Waals surface area contributed by atoms with Crippen LogP contribution in [-0.4, -0.2) is 18.6 Å². The third-order valence-electron chi connectivity index (χ3n) is 2.41. The minimum atomic E-state index is 0.368. The zero-order chi connectivity index (χ0) is 8.27. The van der Waals surface area contributed by atoms with Crippen molar-refractivity contribution in [3.8, 4) is 0 Å². The second-order valence-corrected chi connectivity index (χ2v) is 3.78. The van der Waals surface area contributed by atoms with Gasteiger partial charge in [-0.2, -0.15) is 0 Å². The number of nitrogens with two attached hydrogens (primary N) is 1. The Morgan fingerprint density at radius 2 is 2.27 bits per heavy atom. The van der Waals surface area contributed by atoms with Crippen LogP contribution in [0.15, 0.2) is 0 Å². The van der Waals surface area contributed by atoms with Crippen molar-refractivity contribution in [2.24, 2.45) is 11.7 Å². The molecule has 1 rings (SSSR count). The van der Waals surface area contributed by atoms with Gasteiger partial charge < -0.3 is 11.1 Å². The van der Waals surface area contributed by atoms with Gasteiger partial charge in [-0.05, 0) is 18.8 Å². The van der Waals surface area contributed by atoms with Crippen molar-refractivity contribution in [1.82, 2.24) is 5.32 Å². The van der Waals surface area contributed by atoms with Gasteiger partial charge in [0.15, 0.2) is 0 Å². The first-order valence-electron chi connectivity index (χ1n) is 4.73. The fourth-order valence-corrected chi connectivity index (χ4v) is 1.38. The fraction of sp³-hybridized carbons (Fsp3) is 1.00. The highest BCUT2D eigenvalue weighted by atomic mass is 15.0. The van der Waals surface area contributed by atoms with Crippen LogP contribution in [0, 0.1) is 5.92 Å². The molecule has 0 spiro atoms. The smallest absolute Gasteiger partial charge is 0.0165 e. The molecule has 11 heavy (non-hydrogen) atoms. The van der Waals surface area contributed by atoms with Crippen LogP contribution in [0.5, 0.6) is 0 Å². The van der Waals surface area contributed by atoms with E-state index in [2.05, 4.69) is 19.2 Å². The summed E-state index contributed by atoms with van der Waals surface area (Å²) in [5.74, 6) is 0.892. The summed E-state index contributed by atoms with van der Waals surface area (Å²) in [4.78, 5) is 0. The molecule has 3 atom stereocenters. The second kappa shape index (κ2) is 4.07. The van der Waals surface area contributed by atoms with E-state index < -0.39 is 0 Å². The van der Waals surface area contributed by atoms with Crippen LogP contribution in [0.4, 0.5) is 0 Å². The second-order valence-electron chi connectivity index (χ2n) is 3.78. The van der Waals surface area contributed by atoms with Gasteiger partial charge in [-0.3, -0.25) is 0 Å². The first-order chi connectivity index (χ1) is 5.24. The molecule has 3 unspecified atom stereocenters. The van der Waals surface area contributed by atoms with Gasteiger partial charge in [-0.15, -0.1) is 0 Å². The highest BCUT2D eigenvalue weighted by molar-refractivity contribution is 4.90. The summed E-state index contributed by atoms with van der Waals surface area (Å²) >= 11 is 0. The third-order valence-corrected chi connectivity index (χ3v) is 2.41. The summed E-state index contributed by atoms with van der Waals surface area (Å²) in [6, 6.07) is 1.14. The van der Waals surface area contributed by atoms with Gasteiger partial charge >= 0.3 is 0 Å². The molecule has 1 aliphatic carbocycles. The Labute approximate surface area is 69.5 Å². The molecule has 2 heteroatoms. The lowest BCUT2D eigenvalue weighted by Gasteiger charge is -2.10. The van der Waals surface area contributed by atoms with Crippen LogP contribution in [0.25, 0.3) is 0 Å². The van der Waals surface area contributed by atoms with Gasteiger partial charge in [0.05, 0.1) is 0 Å². The predicted molar refractivity (Wildman–Crippen MR) is 48.5 cm³/mol. The molecule has 0 saturated heterocycles. The van der Waals surface area contributed by atoms with Gasteiger partial charge in [0, 0.05) is 18.6 Å². The Balaban J connectivity index is 1.94. The summed E-state index contributed by atoms with van der Waals surface area (Å²) in [7, 11) is 0. The van der Waals surface area contributed by atoms with Crippen LogP contribution in [-0.2, 0) is 0 Å². The standard InChI is InChI=1S/C9H20N2/c1-3-4-8(10)6-11-9-5-7(9)2/h7-9,11H,3-6,10H2,1-2H3. The van der Waals surface area contributed by atoms with Crippen LogP contribution in [0.1, 0.15) is 33.1 Å². The van der Waals surface area contributed by atoms with Crippen LogP contribution in [0.2, 0.25) is 0 Å². The summed E-state index contributed by atoms with van der Waals surface area (Å²) < 4.78 is 0. The summed E-state index contributed by atoms with van der Waals surface area (Å²) in [5, 5.41) is 3.47. The maximum absolute atomic E-state index is 5.84. The minimum absolute atomic E-state index is 0.368. The minimum Gasteiger partial charge on any atom is -0.327 e. The van der Waals surface area contributed by atoms with Crippen LogP contribution >= 0.6 is 0 Å². The Morgan fingerprint density at radius 3 is 2.73 bits per heavy atom. The van der Waals surface area contributed by atoms with Gasteiger partial charge in [-0.25, -0.2) is 0 Å². The average Bonchev–Trinajstić information content (AvgIpc) is 2.63. The first kappa shape index (κ1) is 9.01. The molecule has 1 fully saturated rings. The Bertz CT molecular complexity index is 114. The van der Waals surface area contributed by atoms with Gasteiger partial charge in [-0.1, -0.05) is 20.3 Å². The van der Waals surface area contributed by atoms with E-state index in [-0.39, 0.29) is 0 Å². The fourth-order valence-electron chi connectivity index (χ4n) is 1.38. The summed E-state index contributed by atoms with van der Waals surface area (Å²) in [6.45, 7) is 5.46. The molecule has 0 aromatic heterocycles. The Hall–Kier alpha value is -0.0800. The Morgan fingerprint density at radius 1 is 1.64 bits per heavy atom. The lowest BCUT2D eigenvalue weighted by Crippen LogP contribution is -2.35. The SMILES string of the molecule is CCCC(N)CNC1CC1C. The lowest BCUT2D eigenvalue weighted by molar-refractivity contribution is 0.528. The van der Waals surface area contributed by atoms with Crippen LogP contribution in [0.3, 0.4) is 0 Å². The van der Waals surface area contributed by atoms with E-state index in [4.69, 9.17) is 5.73 Å². The van der Waals surface area contributed by atoms with Crippen molar-refractivity contribution >= 4 is 0 Å². The zero-order valence-corrected chi connectivity index (χ0v) is 7.64. The molecule has 0 aromatic rings. The number of rotatable bonds is 5. The van der Waals surface area contributed by atoms with E-state index in [1.165, 1.54) is 12.8 Å². The maximum atomic E-state index is 5.84. The molecule has 0 amide bonds. The third kappa shape index (κ3) is 3.21. The molecular formula is C9H20N2. The number of nitrogens with one attached hydrogen (secondary N) is 1. The highest BCUT2D eigenvalue weighted by Gasteiger charge is 2.31. The quantitative estimate of drug-likeness (QED) is 0.626. The summed E-state index contributed by atoms with van der Waals surface area (Å²) in [5.41, 5.74) is 5.84. The maximum Gasteiger partial charge on any atom is 0.0165 e. The molecule has 0 aromatic carbocycles. The van der Waals surface area contributed by atoms with Gasteiger partial charge in [0.1, 0.15) is 0 Å². The van der Waals surface area contributed by atoms with E-state index in [1.807, 2.05) is 0 Å². The van der Waals surface area contributed by atoms with Crippen molar-refractivity contribution in [3.63, 3.8) is 0 Å². The van der Waals surface area contributed by atoms with E-state index in [1.54, 1.807) is 0 Å². The molecule has 0 bridgehead atoms. The van der Waals surface area contributed by atoms with Gasteiger partial charge in [0.2, 0.25) is 0 Å². The molecule has 66 valence electrons. The van der Waals surface area contributed by atoms with Crippen molar-refractivity contribution < 1.29 is 0 Å². The average molecular weight is 156 g/mol. The van der Waals surface area contributed by atoms with Gasteiger partial charge in [0.25, 0.3) is 0 Å². The molecule has 2 nitrogen and oxygen atoms in total. The van der Waals surface area contributed by atoms with E-state index in [0.29, 0.717) is 6.04 Å². The topological polar surface area (TPSA) is 38.0 Å². The molecule has 0 heterocycles. The zero-order valence-electron chi connectivity index (χ0n) is 7.64. The summed E-state index contributed by atoms with van der Waals surface area (Å²) in [6.07, 6.45) is 3.69. The first-order valence-corrected chi connectivity index (χ1v) is 4.73. The molecular weight excluding hydrogens is 136 g/mol. The number of hydrogen-bond donors (Lipinski definition) is 2. The van der Waals surface area contributed by atoms with Crippen LogP contribution < -0.4 is 11.1 Å². The van der Waals surface area contributed by atoms with E-state index in [9.17, 15) is 0 Å². The molecule has 0 radical (unpaired) electrons. The normalized spacial score (nSPS) is 31.9. The Kier molecular flexibility index (Phi) is 3.34. The lowest BCUT2D eigenvalue weighted by atomic mass is 10.2. The van der Waals surface area contributed by atoms with Crippen molar-refractivity contribution in [3.05, 3.63) is 0 Å². The largest absolute Gasteiger partial charge is 0.327 e. The van der Waals surface area contributed by atoms with E-state index in [0.717, 1.165) is 24.9 Å². The van der Waals surface area contributed by atoms with E-state index >= 15 is 0 Å². The van der Waals surface area contributed by atoms with Crippen molar-refractivity contribution in [2.45, 2.75) is 45.2 Å². The molecule has 3 N–H and O–H groups in total. The molecule has 1 saturated carbocycles.